The van der Waals surface area contributed by atoms with E-state index in [2.05, 4.69) is 30.7 Å². The van der Waals surface area contributed by atoms with Gasteiger partial charge in [0.25, 0.3) is 5.91 Å². The van der Waals surface area contributed by atoms with E-state index in [-0.39, 0.29) is 5.91 Å². The first-order chi connectivity index (χ1) is 11.1. The minimum atomic E-state index is -0.278. The van der Waals surface area contributed by atoms with Gasteiger partial charge in [-0.25, -0.2) is 4.98 Å². The molecule has 3 aromatic rings. The maximum Gasteiger partial charge on any atom is 0.277 e. The smallest absolute Gasteiger partial charge is 0.277 e. The van der Waals surface area contributed by atoms with Crippen LogP contribution in [-0.4, -0.2) is 35.9 Å². The molecule has 3 aromatic heterocycles. The van der Waals surface area contributed by atoms with Crippen molar-refractivity contribution in [2.75, 3.05) is 5.32 Å². The first-order valence-electron chi connectivity index (χ1n) is 6.97. The molecule has 0 aromatic carbocycles. The molecule has 0 radical (unpaired) electrons. The van der Waals surface area contributed by atoms with Gasteiger partial charge in [0.15, 0.2) is 15.6 Å². The van der Waals surface area contributed by atoms with Crippen molar-refractivity contribution in [2.24, 2.45) is 7.05 Å². The largest absolute Gasteiger partial charge is 0.307 e. The molecule has 8 nitrogen and oxygen atoms in total. The number of aromatic nitrogens is 6. The van der Waals surface area contributed by atoms with Crippen LogP contribution in [-0.2, 0) is 19.9 Å². The molecule has 0 aliphatic rings. The average molecular weight is 349 g/mol. The fourth-order valence-corrected chi connectivity index (χ4v) is 2.82. The van der Waals surface area contributed by atoms with Crippen molar-refractivity contribution in [3.63, 3.8) is 0 Å². The van der Waals surface area contributed by atoms with Crippen LogP contribution in [0.15, 0.2) is 11.4 Å². The summed E-state index contributed by atoms with van der Waals surface area (Å²) in [6.45, 7) is 1.99. The number of hydrogen-bond donors (Lipinski definition) is 3. The first-order valence-corrected chi connectivity index (χ1v) is 8.26. The second-order valence-electron chi connectivity index (χ2n) is 4.91. The Bertz CT molecular complexity index is 888. The predicted molar refractivity (Wildman–Crippen MR) is 89.2 cm³/mol. The topological polar surface area (TPSA) is 104 Å². The number of carbonyl (C=O) groups excluding carboxylic acids is 1. The lowest BCUT2D eigenvalue weighted by atomic mass is 10.3. The molecule has 120 valence electrons. The lowest BCUT2D eigenvalue weighted by molar-refractivity contribution is 0.102. The number of aromatic amines is 2. The lowest BCUT2D eigenvalue weighted by Gasteiger charge is -1.98. The van der Waals surface area contributed by atoms with Crippen molar-refractivity contribution in [1.29, 1.82) is 0 Å². The normalized spacial score (nSPS) is 10.9. The maximum absolute atomic E-state index is 12.1. The second kappa shape index (κ2) is 6.42. The Morgan fingerprint density at radius 2 is 2.26 bits per heavy atom. The zero-order chi connectivity index (χ0) is 16.4. The Morgan fingerprint density at radius 3 is 2.91 bits per heavy atom. The zero-order valence-electron chi connectivity index (χ0n) is 12.6. The lowest BCUT2D eigenvalue weighted by Crippen LogP contribution is -2.12. The quantitative estimate of drug-likeness (QED) is 0.612. The van der Waals surface area contributed by atoms with E-state index >= 15 is 0 Å². The van der Waals surface area contributed by atoms with E-state index in [1.54, 1.807) is 10.6 Å². The number of aryl methyl sites for hydroxylation is 1. The molecule has 0 bridgehead atoms. The van der Waals surface area contributed by atoms with Crippen LogP contribution in [0.2, 0.25) is 0 Å². The second-order valence-corrected chi connectivity index (χ2v) is 6.16. The molecule has 3 heterocycles. The number of nitrogens with one attached hydrogen (secondary N) is 3. The van der Waals surface area contributed by atoms with Crippen LogP contribution in [0.25, 0.3) is 0 Å². The summed E-state index contributed by atoms with van der Waals surface area (Å²) in [5.74, 6) is 0.512. The van der Waals surface area contributed by atoms with Crippen LogP contribution in [0.3, 0.4) is 0 Å². The van der Waals surface area contributed by atoms with E-state index in [0.29, 0.717) is 22.0 Å². The van der Waals surface area contributed by atoms with Crippen molar-refractivity contribution < 1.29 is 4.79 Å². The molecule has 10 heteroatoms. The van der Waals surface area contributed by atoms with Gasteiger partial charge in [-0.05, 0) is 24.7 Å². The van der Waals surface area contributed by atoms with Crippen LogP contribution in [0.4, 0.5) is 5.13 Å². The third-order valence-electron chi connectivity index (χ3n) is 3.33. The highest BCUT2D eigenvalue weighted by molar-refractivity contribution is 7.71. The van der Waals surface area contributed by atoms with E-state index in [4.69, 9.17) is 12.2 Å². The molecule has 0 unspecified atom stereocenters. The maximum atomic E-state index is 12.1. The van der Waals surface area contributed by atoms with Gasteiger partial charge in [-0.15, -0.1) is 11.3 Å². The van der Waals surface area contributed by atoms with Crippen LogP contribution in [0, 0.1) is 4.77 Å². The Hall–Kier alpha value is -2.33. The molecule has 0 aliphatic heterocycles. The van der Waals surface area contributed by atoms with Gasteiger partial charge in [0.05, 0.1) is 12.1 Å². The van der Waals surface area contributed by atoms with Gasteiger partial charge in [-0.3, -0.25) is 20.3 Å². The highest BCUT2D eigenvalue weighted by Crippen LogP contribution is 2.18. The number of nitrogens with zero attached hydrogens (tertiary/aromatic N) is 4. The predicted octanol–water partition coefficient (Wildman–Crippen LogP) is 2.06. The fourth-order valence-electron chi connectivity index (χ4n) is 1.97. The summed E-state index contributed by atoms with van der Waals surface area (Å²) in [6.07, 6.45) is 1.34. The first kappa shape index (κ1) is 15.6. The summed E-state index contributed by atoms with van der Waals surface area (Å²) < 4.78 is 2.36. The summed E-state index contributed by atoms with van der Waals surface area (Å²) in [4.78, 5) is 16.5. The molecule has 0 saturated carbocycles. The molecule has 0 fully saturated rings. The SMILES string of the molecule is CCc1cc(C(=O)Nc2nc(Cc3n[nH]c(=S)n3C)cs2)n[nH]1. The van der Waals surface area contributed by atoms with Gasteiger partial charge < -0.3 is 4.57 Å². The highest BCUT2D eigenvalue weighted by Gasteiger charge is 2.13. The number of H-pyrrole nitrogens is 2. The van der Waals surface area contributed by atoms with E-state index in [1.165, 1.54) is 11.3 Å². The number of hydrogen-bond acceptors (Lipinski definition) is 6. The van der Waals surface area contributed by atoms with E-state index in [0.717, 1.165) is 23.6 Å². The highest BCUT2D eigenvalue weighted by atomic mass is 32.1. The summed E-state index contributed by atoms with van der Waals surface area (Å²) >= 11 is 6.44. The van der Waals surface area contributed by atoms with Crippen LogP contribution in [0.5, 0.6) is 0 Å². The number of rotatable bonds is 5. The van der Waals surface area contributed by atoms with E-state index in [1.807, 2.05) is 19.4 Å². The zero-order valence-corrected chi connectivity index (χ0v) is 14.2. The van der Waals surface area contributed by atoms with Crippen molar-refractivity contribution in [3.05, 3.63) is 39.1 Å². The monoisotopic (exact) mass is 349 g/mol. The average Bonchev–Trinajstić information content (AvgIpc) is 3.25. The van der Waals surface area contributed by atoms with Gasteiger partial charge in [-0.2, -0.15) is 10.2 Å². The Morgan fingerprint density at radius 1 is 1.43 bits per heavy atom. The molecule has 3 N–H and O–H groups in total. The number of carbonyl (C=O) groups is 1. The summed E-state index contributed by atoms with van der Waals surface area (Å²) in [5, 5.41) is 18.9. The molecule has 1 amide bonds. The molecule has 0 saturated heterocycles. The van der Waals surface area contributed by atoms with Crippen molar-refractivity contribution in [3.8, 4) is 0 Å². The van der Waals surface area contributed by atoms with E-state index < -0.39 is 0 Å². The Balaban J connectivity index is 1.68. The van der Waals surface area contributed by atoms with Crippen molar-refractivity contribution in [1.82, 2.24) is 29.9 Å². The van der Waals surface area contributed by atoms with Crippen LogP contribution in [0.1, 0.15) is 34.6 Å². The summed E-state index contributed by atoms with van der Waals surface area (Å²) in [5.41, 5.74) is 2.09. The van der Waals surface area contributed by atoms with E-state index in [9.17, 15) is 4.79 Å². The Kier molecular flexibility index (Phi) is 4.35. The number of thiazole rings is 1. The van der Waals surface area contributed by atoms with Gasteiger partial charge in [0.1, 0.15) is 5.82 Å². The molecular weight excluding hydrogens is 334 g/mol. The number of anilines is 1. The summed E-state index contributed by atoms with van der Waals surface area (Å²) in [6, 6.07) is 1.73. The molecule has 0 aliphatic carbocycles. The summed E-state index contributed by atoms with van der Waals surface area (Å²) in [7, 11) is 1.85. The fraction of sp³-hybridized carbons (Fsp3) is 0.308. The van der Waals surface area contributed by atoms with Gasteiger partial charge in [0, 0.05) is 18.1 Å². The molecule has 3 rings (SSSR count). The van der Waals surface area contributed by atoms with Crippen LogP contribution < -0.4 is 5.32 Å². The third-order valence-corrected chi connectivity index (χ3v) is 4.50. The molecular formula is C13H15N7OS2. The van der Waals surface area contributed by atoms with Gasteiger partial charge >= 0.3 is 0 Å². The van der Waals surface area contributed by atoms with Crippen molar-refractivity contribution in [2.45, 2.75) is 19.8 Å². The van der Waals surface area contributed by atoms with Gasteiger partial charge in [-0.1, -0.05) is 6.92 Å². The van der Waals surface area contributed by atoms with Crippen molar-refractivity contribution >= 4 is 34.6 Å². The minimum absolute atomic E-state index is 0.278. The molecule has 23 heavy (non-hydrogen) atoms. The number of amides is 1. The minimum Gasteiger partial charge on any atom is -0.307 e. The van der Waals surface area contributed by atoms with Gasteiger partial charge in [0.2, 0.25) is 0 Å². The molecule has 0 spiro atoms. The standard InChI is InChI=1S/C13H15N7OS2/c1-3-7-4-9(17-16-7)11(21)15-12-14-8(6-23-12)5-10-18-19-13(22)20(10)2/h4,6H,3,5H2,1-2H3,(H,16,17)(H,19,22)(H,14,15,21). The third kappa shape index (κ3) is 3.37. The van der Waals surface area contributed by atoms with Crippen LogP contribution >= 0.6 is 23.6 Å². The Labute approximate surface area is 141 Å². The molecule has 0 atom stereocenters.